The number of ether oxygens (including phenoxy) is 2. The summed E-state index contributed by atoms with van der Waals surface area (Å²) in [7, 11) is 1.44. The average molecular weight is 296 g/mol. The Morgan fingerprint density at radius 3 is 2.62 bits per heavy atom. The molecule has 0 aromatic heterocycles. The van der Waals surface area contributed by atoms with Crippen LogP contribution < -0.4 is 15.4 Å². The number of benzene rings is 1. The molecule has 0 saturated heterocycles. The van der Waals surface area contributed by atoms with Gasteiger partial charge in [0, 0.05) is 6.54 Å². The highest BCUT2D eigenvalue weighted by atomic mass is 16.5. The van der Waals surface area contributed by atoms with E-state index in [0.717, 1.165) is 0 Å². The van der Waals surface area contributed by atoms with E-state index in [1.54, 1.807) is 6.07 Å². The zero-order valence-corrected chi connectivity index (χ0v) is 12.3. The predicted octanol–water partition coefficient (Wildman–Crippen LogP) is 1.94. The van der Waals surface area contributed by atoms with Crippen molar-refractivity contribution in [2.75, 3.05) is 25.6 Å². The van der Waals surface area contributed by atoms with Crippen molar-refractivity contribution >= 4 is 17.7 Å². The van der Waals surface area contributed by atoms with Gasteiger partial charge < -0.3 is 25.2 Å². The van der Waals surface area contributed by atoms with E-state index in [-0.39, 0.29) is 17.4 Å². The van der Waals surface area contributed by atoms with Gasteiger partial charge in [-0.3, -0.25) is 0 Å². The van der Waals surface area contributed by atoms with E-state index >= 15 is 0 Å². The smallest absolute Gasteiger partial charge is 0.337 e. The molecule has 21 heavy (non-hydrogen) atoms. The second-order valence-corrected chi connectivity index (χ2v) is 4.52. The van der Waals surface area contributed by atoms with Crippen LogP contribution in [-0.4, -0.2) is 43.5 Å². The number of amides is 2. The molecule has 0 spiro atoms. The van der Waals surface area contributed by atoms with E-state index in [9.17, 15) is 9.59 Å². The van der Waals surface area contributed by atoms with Gasteiger partial charge in [0.15, 0.2) is 0 Å². The van der Waals surface area contributed by atoms with Gasteiger partial charge in [-0.15, -0.1) is 0 Å². The number of carboxylic acid groups (broad SMARTS) is 1. The van der Waals surface area contributed by atoms with E-state index in [1.165, 1.54) is 19.2 Å². The third kappa shape index (κ3) is 5.70. The summed E-state index contributed by atoms with van der Waals surface area (Å²) in [6, 6.07) is 3.91. The first-order chi connectivity index (χ1) is 9.93. The highest BCUT2D eigenvalue weighted by Crippen LogP contribution is 2.22. The Bertz CT molecular complexity index is 502. The quantitative estimate of drug-likeness (QED) is 0.668. The Morgan fingerprint density at radius 1 is 1.33 bits per heavy atom. The van der Waals surface area contributed by atoms with Crippen molar-refractivity contribution in [3.63, 3.8) is 0 Å². The molecule has 0 radical (unpaired) electrons. The summed E-state index contributed by atoms with van der Waals surface area (Å²) in [5, 5.41) is 14.2. The number of urea groups is 1. The molecule has 7 heteroatoms. The van der Waals surface area contributed by atoms with E-state index in [4.69, 9.17) is 14.6 Å². The third-order valence-corrected chi connectivity index (χ3v) is 2.54. The highest BCUT2D eigenvalue weighted by Gasteiger charge is 2.13. The number of hydrogen-bond donors (Lipinski definition) is 3. The van der Waals surface area contributed by atoms with Gasteiger partial charge in [0.05, 0.1) is 31.1 Å². The van der Waals surface area contributed by atoms with Crippen molar-refractivity contribution in [3.05, 3.63) is 23.8 Å². The molecule has 1 aromatic carbocycles. The second-order valence-electron chi connectivity index (χ2n) is 4.52. The van der Waals surface area contributed by atoms with Gasteiger partial charge in [-0.1, -0.05) is 0 Å². The van der Waals surface area contributed by atoms with Crippen molar-refractivity contribution < 1.29 is 24.2 Å². The molecule has 0 unspecified atom stereocenters. The maximum Gasteiger partial charge on any atom is 0.337 e. The molecule has 0 aliphatic carbocycles. The fourth-order valence-corrected chi connectivity index (χ4v) is 1.56. The topological polar surface area (TPSA) is 96.9 Å². The number of methoxy groups -OCH3 is 1. The second kappa shape index (κ2) is 8.11. The molecule has 0 saturated carbocycles. The van der Waals surface area contributed by atoms with Crippen LogP contribution in [0.2, 0.25) is 0 Å². The summed E-state index contributed by atoms with van der Waals surface area (Å²) in [4.78, 5) is 22.8. The number of carboxylic acids is 1. The summed E-state index contributed by atoms with van der Waals surface area (Å²) in [5.74, 6) is -0.740. The van der Waals surface area contributed by atoms with Crippen LogP contribution in [0.5, 0.6) is 5.75 Å². The lowest BCUT2D eigenvalue weighted by Crippen LogP contribution is -2.32. The van der Waals surface area contributed by atoms with Gasteiger partial charge in [-0.25, -0.2) is 9.59 Å². The molecule has 0 bridgehead atoms. The average Bonchev–Trinajstić information content (AvgIpc) is 2.43. The number of carbonyl (C=O) groups is 2. The molecule has 0 aliphatic heterocycles. The third-order valence-electron chi connectivity index (χ3n) is 2.54. The normalized spacial score (nSPS) is 10.3. The Balaban J connectivity index is 2.61. The van der Waals surface area contributed by atoms with Gasteiger partial charge in [0.25, 0.3) is 0 Å². The Morgan fingerprint density at radius 2 is 2.05 bits per heavy atom. The lowest BCUT2D eigenvalue weighted by molar-refractivity contribution is 0.0697. The van der Waals surface area contributed by atoms with Crippen LogP contribution in [0.25, 0.3) is 0 Å². The van der Waals surface area contributed by atoms with Gasteiger partial charge in [-0.05, 0) is 32.0 Å². The first kappa shape index (κ1) is 16.8. The zero-order chi connectivity index (χ0) is 15.8. The largest absolute Gasteiger partial charge is 0.497 e. The van der Waals surface area contributed by atoms with Crippen LogP contribution in [0.3, 0.4) is 0 Å². The Labute approximate surface area is 123 Å². The summed E-state index contributed by atoms with van der Waals surface area (Å²) in [5.41, 5.74) is 0.161. The maximum absolute atomic E-state index is 11.7. The van der Waals surface area contributed by atoms with Crippen LogP contribution in [0.4, 0.5) is 10.5 Å². The summed E-state index contributed by atoms with van der Waals surface area (Å²) >= 11 is 0. The van der Waals surface area contributed by atoms with Crippen LogP contribution in [0.15, 0.2) is 18.2 Å². The Hall–Kier alpha value is -2.28. The standard InChI is InChI=1S/C14H20N2O5/c1-9(2)21-7-6-15-14(19)16-12-5-4-10(20-3)8-11(12)13(17)18/h4-5,8-9H,6-7H2,1-3H3,(H,17,18)(H2,15,16,19). The van der Waals surface area contributed by atoms with Crippen molar-refractivity contribution in [2.45, 2.75) is 20.0 Å². The van der Waals surface area contributed by atoms with E-state index in [0.29, 0.717) is 18.9 Å². The Kier molecular flexibility index (Phi) is 6.48. The van der Waals surface area contributed by atoms with Crippen LogP contribution in [0.1, 0.15) is 24.2 Å². The molecular formula is C14H20N2O5. The van der Waals surface area contributed by atoms with Crippen molar-refractivity contribution in [3.8, 4) is 5.75 Å². The number of hydrogen-bond acceptors (Lipinski definition) is 4. The predicted molar refractivity (Wildman–Crippen MR) is 78.1 cm³/mol. The first-order valence-corrected chi connectivity index (χ1v) is 6.51. The minimum absolute atomic E-state index is 0.0390. The number of anilines is 1. The monoisotopic (exact) mass is 296 g/mol. The molecule has 0 heterocycles. The van der Waals surface area contributed by atoms with E-state index in [2.05, 4.69) is 10.6 Å². The number of aromatic carboxylic acids is 1. The minimum Gasteiger partial charge on any atom is -0.497 e. The van der Waals surface area contributed by atoms with Crippen LogP contribution in [0, 0.1) is 0 Å². The molecular weight excluding hydrogens is 276 g/mol. The number of rotatable bonds is 7. The molecule has 3 N–H and O–H groups in total. The van der Waals surface area contributed by atoms with Gasteiger partial charge in [0.2, 0.25) is 0 Å². The number of carbonyl (C=O) groups excluding carboxylic acids is 1. The zero-order valence-electron chi connectivity index (χ0n) is 12.3. The minimum atomic E-state index is -1.15. The van der Waals surface area contributed by atoms with Gasteiger partial charge in [0.1, 0.15) is 5.75 Å². The van der Waals surface area contributed by atoms with Crippen LogP contribution >= 0.6 is 0 Å². The summed E-state index contributed by atoms with van der Waals surface area (Å²) in [6.07, 6.45) is 0.0927. The first-order valence-electron chi connectivity index (χ1n) is 6.51. The van der Waals surface area contributed by atoms with Crippen molar-refractivity contribution in [1.82, 2.24) is 5.32 Å². The van der Waals surface area contributed by atoms with Crippen molar-refractivity contribution in [1.29, 1.82) is 0 Å². The molecule has 1 rings (SSSR count). The van der Waals surface area contributed by atoms with E-state index in [1.807, 2.05) is 13.8 Å². The molecule has 0 atom stereocenters. The lowest BCUT2D eigenvalue weighted by Gasteiger charge is -2.12. The fraction of sp³-hybridized carbons (Fsp3) is 0.429. The fourth-order valence-electron chi connectivity index (χ4n) is 1.56. The van der Waals surface area contributed by atoms with Gasteiger partial charge >= 0.3 is 12.0 Å². The summed E-state index contributed by atoms with van der Waals surface area (Å²) < 4.78 is 10.2. The molecule has 1 aromatic rings. The lowest BCUT2D eigenvalue weighted by atomic mass is 10.1. The number of nitrogens with one attached hydrogen (secondary N) is 2. The maximum atomic E-state index is 11.7. The summed E-state index contributed by atoms with van der Waals surface area (Å²) in [6.45, 7) is 4.52. The van der Waals surface area contributed by atoms with E-state index < -0.39 is 12.0 Å². The molecule has 116 valence electrons. The molecule has 0 aliphatic rings. The van der Waals surface area contributed by atoms with Crippen LogP contribution in [-0.2, 0) is 4.74 Å². The van der Waals surface area contributed by atoms with Crippen molar-refractivity contribution in [2.24, 2.45) is 0 Å². The molecule has 7 nitrogen and oxygen atoms in total. The molecule has 0 fully saturated rings. The highest BCUT2D eigenvalue weighted by molar-refractivity contribution is 6.00. The SMILES string of the molecule is COc1ccc(NC(=O)NCCOC(C)C)c(C(=O)O)c1. The molecule has 2 amide bonds. The van der Waals surface area contributed by atoms with Gasteiger partial charge in [-0.2, -0.15) is 0 Å².